The molecule has 2 aliphatic carbocycles. The molecule has 0 aromatic carbocycles. The summed E-state index contributed by atoms with van der Waals surface area (Å²) in [6.45, 7) is 1.04. The van der Waals surface area contributed by atoms with Gasteiger partial charge in [-0.15, -0.1) is 5.10 Å². The number of nitrogens with zero attached hydrogens (tertiary/aromatic N) is 6. The zero-order valence-corrected chi connectivity index (χ0v) is 18.7. The second kappa shape index (κ2) is 9.48. The molecule has 0 bridgehead atoms. The minimum absolute atomic E-state index is 0.267. The molecular formula is C24H27N7O2. The highest BCUT2D eigenvalue weighted by Gasteiger charge is 2.29. The second-order valence-corrected chi connectivity index (χ2v) is 8.65. The maximum absolute atomic E-state index is 12.4. The molecule has 170 valence electrons. The molecule has 3 heterocycles. The summed E-state index contributed by atoms with van der Waals surface area (Å²) in [6.07, 6.45) is 13.7. The number of pyridine rings is 1. The van der Waals surface area contributed by atoms with Crippen LogP contribution in [-0.2, 0) is 25.9 Å². The maximum atomic E-state index is 12.4. The van der Waals surface area contributed by atoms with E-state index in [1.165, 1.54) is 24.0 Å². The molecule has 2 aliphatic rings. The lowest BCUT2D eigenvalue weighted by Gasteiger charge is -2.05. The summed E-state index contributed by atoms with van der Waals surface area (Å²) < 4.78 is 6.86. The van der Waals surface area contributed by atoms with Crippen LogP contribution in [0.2, 0.25) is 0 Å². The van der Waals surface area contributed by atoms with Crippen LogP contribution < -0.4 is 10.1 Å². The molecule has 1 N–H and O–H groups in total. The lowest BCUT2D eigenvalue weighted by molar-refractivity contribution is 0.0945. The van der Waals surface area contributed by atoms with Crippen molar-refractivity contribution in [2.24, 2.45) is 5.92 Å². The molecule has 0 unspecified atom stereocenters. The Hall–Kier alpha value is -3.62. The Morgan fingerprint density at radius 1 is 1.18 bits per heavy atom. The first-order chi connectivity index (χ1) is 16.2. The van der Waals surface area contributed by atoms with Crippen molar-refractivity contribution in [1.82, 2.24) is 35.5 Å². The van der Waals surface area contributed by atoms with Crippen molar-refractivity contribution in [2.75, 3.05) is 7.11 Å². The molecular weight excluding hydrogens is 418 g/mol. The van der Waals surface area contributed by atoms with Crippen molar-refractivity contribution in [3.8, 4) is 5.75 Å². The first kappa shape index (κ1) is 21.2. The van der Waals surface area contributed by atoms with Gasteiger partial charge in [-0.1, -0.05) is 16.9 Å². The summed E-state index contributed by atoms with van der Waals surface area (Å²) in [6, 6.07) is 4.02. The summed E-state index contributed by atoms with van der Waals surface area (Å²) in [7, 11) is 1.58. The first-order valence-electron chi connectivity index (χ1n) is 11.4. The average molecular weight is 446 g/mol. The summed E-state index contributed by atoms with van der Waals surface area (Å²) in [5.41, 5.74) is 6.09. The lowest BCUT2D eigenvalue weighted by Crippen LogP contribution is -2.23. The molecule has 9 heteroatoms. The van der Waals surface area contributed by atoms with E-state index in [1.54, 1.807) is 30.4 Å². The predicted molar refractivity (Wildman–Crippen MR) is 121 cm³/mol. The van der Waals surface area contributed by atoms with E-state index < -0.39 is 0 Å². The van der Waals surface area contributed by atoms with Gasteiger partial charge in [0.25, 0.3) is 5.91 Å². The third-order valence-electron chi connectivity index (χ3n) is 6.07. The number of ether oxygens (including phenoxy) is 1. The van der Waals surface area contributed by atoms with Gasteiger partial charge >= 0.3 is 0 Å². The van der Waals surface area contributed by atoms with Gasteiger partial charge in [0.1, 0.15) is 5.75 Å². The van der Waals surface area contributed by atoms with E-state index in [0.29, 0.717) is 24.5 Å². The molecule has 0 radical (unpaired) electrons. The number of aryl methyl sites for hydroxylation is 2. The third kappa shape index (κ3) is 5.24. The fourth-order valence-corrected chi connectivity index (χ4v) is 4.06. The number of carbonyl (C=O) groups excluding carboxylic acids is 1. The van der Waals surface area contributed by atoms with Crippen molar-refractivity contribution in [3.63, 3.8) is 0 Å². The molecule has 3 aromatic heterocycles. The van der Waals surface area contributed by atoms with Gasteiger partial charge in [-0.2, -0.15) is 10.2 Å². The van der Waals surface area contributed by atoms with E-state index in [1.807, 2.05) is 6.07 Å². The molecule has 1 saturated carbocycles. The Morgan fingerprint density at radius 2 is 2.09 bits per heavy atom. The van der Waals surface area contributed by atoms with Gasteiger partial charge in [-0.3, -0.25) is 14.5 Å². The van der Waals surface area contributed by atoms with Crippen molar-refractivity contribution in [2.45, 2.75) is 51.6 Å². The van der Waals surface area contributed by atoms with Crippen LogP contribution in [0.15, 0.2) is 36.3 Å². The van der Waals surface area contributed by atoms with Crippen molar-refractivity contribution in [3.05, 3.63) is 64.5 Å². The van der Waals surface area contributed by atoms with Gasteiger partial charge in [-0.25, -0.2) is 0 Å². The van der Waals surface area contributed by atoms with E-state index in [9.17, 15) is 4.79 Å². The normalized spacial score (nSPS) is 14.6. The molecule has 0 atom stereocenters. The SMILES string of the molecule is COc1cncc(CNC(=O)c2cn(CCCCc3cc4c(nn3)CC(C3CC3)=C4)nn2)c1. The predicted octanol–water partition coefficient (Wildman–Crippen LogP) is 2.77. The number of rotatable bonds is 10. The molecule has 33 heavy (non-hydrogen) atoms. The molecule has 9 nitrogen and oxygen atoms in total. The van der Waals surface area contributed by atoms with E-state index in [-0.39, 0.29) is 5.91 Å². The van der Waals surface area contributed by atoms with Crippen LogP contribution in [0.3, 0.4) is 0 Å². The molecule has 0 spiro atoms. The van der Waals surface area contributed by atoms with E-state index >= 15 is 0 Å². The van der Waals surface area contributed by atoms with Gasteiger partial charge in [0.05, 0.1) is 30.9 Å². The van der Waals surface area contributed by atoms with Crippen LogP contribution in [-0.4, -0.2) is 43.2 Å². The lowest BCUT2D eigenvalue weighted by atomic mass is 10.1. The monoisotopic (exact) mass is 445 g/mol. The topological polar surface area (TPSA) is 108 Å². The number of hydrogen-bond acceptors (Lipinski definition) is 7. The standard InChI is InChI=1S/C24H27N7O2/c1-33-21-8-16(12-25-14-21)13-26-24(32)23-15-31(30-29-23)7-3-2-4-20-10-19-9-18(17-5-6-17)11-22(19)28-27-20/h8-10,12,14-15,17H,2-7,11,13H2,1H3,(H,26,32). The number of aromatic nitrogens is 6. The average Bonchev–Trinajstić information content (AvgIpc) is 3.43. The fraction of sp³-hybridized carbons (Fsp3) is 0.417. The highest BCUT2D eigenvalue weighted by atomic mass is 16.5. The zero-order chi connectivity index (χ0) is 22.6. The molecule has 0 aliphatic heterocycles. The van der Waals surface area contributed by atoms with Gasteiger partial charge in [0, 0.05) is 25.7 Å². The molecule has 3 aromatic rings. The van der Waals surface area contributed by atoms with Crippen molar-refractivity contribution >= 4 is 12.0 Å². The van der Waals surface area contributed by atoms with Crippen LogP contribution in [0.1, 0.15) is 58.7 Å². The Kier molecular flexibility index (Phi) is 6.10. The summed E-state index contributed by atoms with van der Waals surface area (Å²) >= 11 is 0. The van der Waals surface area contributed by atoms with Gasteiger partial charge in [-0.05, 0) is 61.3 Å². The molecule has 0 saturated heterocycles. The van der Waals surface area contributed by atoms with Gasteiger partial charge in [0.2, 0.25) is 0 Å². The smallest absolute Gasteiger partial charge is 0.273 e. The van der Waals surface area contributed by atoms with Crippen LogP contribution in [0.25, 0.3) is 6.08 Å². The van der Waals surface area contributed by atoms with Crippen molar-refractivity contribution < 1.29 is 9.53 Å². The summed E-state index contributed by atoms with van der Waals surface area (Å²) in [5.74, 6) is 1.17. The van der Waals surface area contributed by atoms with Crippen molar-refractivity contribution in [1.29, 1.82) is 0 Å². The Labute approximate surface area is 192 Å². The summed E-state index contributed by atoms with van der Waals surface area (Å²) in [4.78, 5) is 16.4. The first-order valence-corrected chi connectivity index (χ1v) is 11.4. The molecule has 1 amide bonds. The molecule has 1 fully saturated rings. The maximum Gasteiger partial charge on any atom is 0.273 e. The number of methoxy groups -OCH3 is 1. The Bertz CT molecular complexity index is 1180. The number of unbranched alkanes of at least 4 members (excludes halogenated alkanes) is 1. The van der Waals surface area contributed by atoms with Gasteiger partial charge < -0.3 is 10.1 Å². The molecule has 5 rings (SSSR count). The van der Waals surface area contributed by atoms with E-state index in [2.05, 4.69) is 43.0 Å². The largest absolute Gasteiger partial charge is 0.495 e. The number of nitrogens with one attached hydrogen (secondary N) is 1. The van der Waals surface area contributed by atoms with Crippen LogP contribution in [0.5, 0.6) is 5.75 Å². The highest BCUT2D eigenvalue weighted by Crippen LogP contribution is 2.41. The number of carbonyl (C=O) groups is 1. The zero-order valence-electron chi connectivity index (χ0n) is 18.7. The Morgan fingerprint density at radius 3 is 2.94 bits per heavy atom. The van der Waals surface area contributed by atoms with E-state index in [0.717, 1.165) is 48.6 Å². The van der Waals surface area contributed by atoms with Crippen LogP contribution >= 0.6 is 0 Å². The third-order valence-corrected chi connectivity index (χ3v) is 6.07. The number of allylic oxidation sites excluding steroid dienone is 1. The van der Waals surface area contributed by atoms with E-state index in [4.69, 9.17) is 4.74 Å². The van der Waals surface area contributed by atoms with Crippen LogP contribution in [0.4, 0.5) is 0 Å². The van der Waals surface area contributed by atoms with Gasteiger partial charge in [0.15, 0.2) is 5.69 Å². The number of fused-ring (bicyclic) bond motifs is 1. The quantitative estimate of drug-likeness (QED) is 0.478. The minimum Gasteiger partial charge on any atom is -0.495 e. The number of amides is 1. The fourth-order valence-electron chi connectivity index (χ4n) is 4.06. The number of hydrogen-bond donors (Lipinski definition) is 1. The Balaban J connectivity index is 1.06. The summed E-state index contributed by atoms with van der Waals surface area (Å²) in [5, 5.41) is 19.8. The second-order valence-electron chi connectivity index (χ2n) is 8.65. The van der Waals surface area contributed by atoms with Crippen LogP contribution in [0, 0.1) is 5.92 Å². The minimum atomic E-state index is -0.267. The highest BCUT2D eigenvalue weighted by molar-refractivity contribution is 5.91.